The van der Waals surface area contributed by atoms with Crippen LogP contribution < -0.4 is 14.8 Å². The Morgan fingerprint density at radius 1 is 1.19 bits per heavy atom. The molecule has 0 bridgehead atoms. The largest absolute Gasteiger partial charge is 0.489 e. The van der Waals surface area contributed by atoms with Crippen molar-refractivity contribution in [3.63, 3.8) is 0 Å². The number of nitrogens with zero attached hydrogens (tertiary/aromatic N) is 2. The van der Waals surface area contributed by atoms with Crippen molar-refractivity contribution in [2.75, 3.05) is 19.0 Å². The van der Waals surface area contributed by atoms with Gasteiger partial charge in [0.25, 0.3) is 5.88 Å². The Kier molecular flexibility index (Phi) is 5.37. The zero-order chi connectivity index (χ0) is 15.1. The first-order valence-electron chi connectivity index (χ1n) is 7.18. The van der Waals surface area contributed by atoms with Crippen LogP contribution in [0.4, 0.5) is 5.82 Å². The van der Waals surface area contributed by atoms with Crippen LogP contribution in [0.5, 0.6) is 17.4 Å². The van der Waals surface area contributed by atoms with Crippen LogP contribution in [0.3, 0.4) is 0 Å². The molecular weight excluding hydrogens is 266 g/mol. The summed E-state index contributed by atoms with van der Waals surface area (Å²) in [5, 5.41) is 3.21. The van der Waals surface area contributed by atoms with E-state index in [1.165, 1.54) is 11.9 Å². The van der Waals surface area contributed by atoms with Crippen LogP contribution in [0.25, 0.3) is 0 Å². The molecule has 5 heteroatoms. The van der Waals surface area contributed by atoms with Crippen LogP contribution in [-0.2, 0) is 6.42 Å². The van der Waals surface area contributed by atoms with Crippen LogP contribution >= 0.6 is 0 Å². The number of hydrogen-bond acceptors (Lipinski definition) is 5. The lowest BCUT2D eigenvalue weighted by Crippen LogP contribution is -2.05. The fourth-order valence-corrected chi connectivity index (χ4v) is 1.92. The lowest BCUT2D eigenvalue weighted by molar-refractivity contribution is 0.369. The van der Waals surface area contributed by atoms with Gasteiger partial charge in [0.1, 0.15) is 12.1 Å². The molecule has 1 aromatic heterocycles. The number of methoxy groups -OCH3 is 1. The van der Waals surface area contributed by atoms with E-state index in [1.807, 2.05) is 18.2 Å². The summed E-state index contributed by atoms with van der Waals surface area (Å²) >= 11 is 0. The summed E-state index contributed by atoms with van der Waals surface area (Å²) in [4.78, 5) is 8.37. The minimum Gasteiger partial charge on any atom is -0.489 e. The number of aromatic nitrogens is 2. The average Bonchev–Trinajstić information content (AvgIpc) is 2.53. The van der Waals surface area contributed by atoms with E-state index in [0.29, 0.717) is 17.4 Å². The minimum atomic E-state index is 0.416. The highest BCUT2D eigenvalue weighted by molar-refractivity contribution is 5.55. The lowest BCUT2D eigenvalue weighted by Gasteiger charge is -2.13. The number of ether oxygens (including phenoxy) is 2. The Hall–Kier alpha value is -2.30. The van der Waals surface area contributed by atoms with Crippen LogP contribution in [0.1, 0.15) is 25.8 Å². The maximum Gasteiger partial charge on any atom is 0.268 e. The summed E-state index contributed by atoms with van der Waals surface area (Å²) < 4.78 is 11.2. The van der Waals surface area contributed by atoms with Gasteiger partial charge in [0.05, 0.1) is 7.11 Å². The molecule has 1 aromatic carbocycles. The van der Waals surface area contributed by atoms with Crippen molar-refractivity contribution in [2.24, 2.45) is 0 Å². The molecule has 2 aromatic rings. The monoisotopic (exact) mass is 287 g/mol. The quantitative estimate of drug-likeness (QED) is 0.842. The van der Waals surface area contributed by atoms with E-state index >= 15 is 0 Å². The van der Waals surface area contributed by atoms with Gasteiger partial charge in [-0.1, -0.05) is 26.0 Å². The number of anilines is 1. The molecule has 1 N–H and O–H groups in total. The van der Waals surface area contributed by atoms with Crippen LogP contribution in [0.15, 0.2) is 30.6 Å². The maximum absolute atomic E-state index is 5.85. The van der Waals surface area contributed by atoms with Gasteiger partial charge in [-0.25, -0.2) is 4.98 Å². The van der Waals surface area contributed by atoms with E-state index in [0.717, 1.165) is 25.1 Å². The van der Waals surface area contributed by atoms with Gasteiger partial charge in [0.2, 0.25) is 5.75 Å². The van der Waals surface area contributed by atoms with Crippen LogP contribution in [0, 0.1) is 0 Å². The van der Waals surface area contributed by atoms with E-state index in [-0.39, 0.29) is 0 Å². The van der Waals surface area contributed by atoms with Crippen molar-refractivity contribution in [1.82, 2.24) is 9.97 Å². The van der Waals surface area contributed by atoms with Gasteiger partial charge < -0.3 is 14.8 Å². The van der Waals surface area contributed by atoms with E-state index in [2.05, 4.69) is 35.2 Å². The average molecular weight is 287 g/mol. The first-order valence-corrected chi connectivity index (χ1v) is 7.18. The van der Waals surface area contributed by atoms with E-state index in [1.54, 1.807) is 7.11 Å². The van der Waals surface area contributed by atoms with Crippen molar-refractivity contribution in [3.8, 4) is 17.4 Å². The van der Waals surface area contributed by atoms with Gasteiger partial charge in [-0.2, -0.15) is 4.98 Å². The summed E-state index contributed by atoms with van der Waals surface area (Å²) in [5.41, 5.74) is 1.21. The van der Waals surface area contributed by atoms with Crippen LogP contribution in [0.2, 0.25) is 0 Å². The zero-order valence-electron chi connectivity index (χ0n) is 12.7. The molecule has 0 amide bonds. The molecule has 0 atom stereocenters. The minimum absolute atomic E-state index is 0.416. The second-order valence-corrected chi connectivity index (χ2v) is 4.59. The van der Waals surface area contributed by atoms with Gasteiger partial charge in [0.15, 0.2) is 5.82 Å². The molecule has 0 saturated heterocycles. The van der Waals surface area contributed by atoms with Crippen molar-refractivity contribution < 1.29 is 9.47 Å². The third-order valence-corrected chi connectivity index (χ3v) is 3.04. The number of hydrogen-bond donors (Lipinski definition) is 1. The molecular formula is C16H21N3O2. The fraction of sp³-hybridized carbons (Fsp3) is 0.375. The predicted molar refractivity (Wildman–Crippen MR) is 83.3 cm³/mol. The Labute approximate surface area is 125 Å². The molecule has 112 valence electrons. The molecule has 0 unspecified atom stereocenters. The summed E-state index contributed by atoms with van der Waals surface area (Å²) in [6.07, 6.45) is 3.43. The third kappa shape index (κ3) is 3.84. The highest BCUT2D eigenvalue weighted by Crippen LogP contribution is 2.34. The zero-order valence-corrected chi connectivity index (χ0v) is 12.7. The first kappa shape index (κ1) is 15.1. The van der Waals surface area contributed by atoms with Crippen LogP contribution in [-0.4, -0.2) is 23.6 Å². The number of aryl methyl sites for hydroxylation is 1. The maximum atomic E-state index is 5.85. The van der Waals surface area contributed by atoms with Crippen molar-refractivity contribution in [3.05, 3.63) is 36.2 Å². The second kappa shape index (κ2) is 7.47. The van der Waals surface area contributed by atoms with Gasteiger partial charge in [-0.15, -0.1) is 0 Å². The first-order chi connectivity index (χ1) is 10.3. The molecule has 0 aliphatic carbocycles. The van der Waals surface area contributed by atoms with Gasteiger partial charge in [-0.3, -0.25) is 0 Å². The summed E-state index contributed by atoms with van der Waals surface area (Å²) in [6.45, 7) is 5.02. The van der Waals surface area contributed by atoms with E-state index in [9.17, 15) is 0 Å². The summed E-state index contributed by atoms with van der Waals surface area (Å²) in [7, 11) is 1.59. The smallest absolute Gasteiger partial charge is 0.268 e. The fourth-order valence-electron chi connectivity index (χ4n) is 1.92. The molecule has 0 radical (unpaired) electrons. The Morgan fingerprint density at radius 3 is 2.76 bits per heavy atom. The molecule has 2 rings (SSSR count). The summed E-state index contributed by atoms with van der Waals surface area (Å²) in [6, 6.07) is 7.94. The van der Waals surface area contributed by atoms with E-state index < -0.39 is 0 Å². The van der Waals surface area contributed by atoms with E-state index in [4.69, 9.17) is 9.47 Å². The highest BCUT2D eigenvalue weighted by Gasteiger charge is 2.14. The Bertz CT molecular complexity index is 587. The van der Waals surface area contributed by atoms with Gasteiger partial charge in [-0.05, 0) is 30.5 Å². The molecule has 5 nitrogen and oxygen atoms in total. The Morgan fingerprint density at radius 2 is 2.05 bits per heavy atom. The predicted octanol–water partition coefficient (Wildman–Crippen LogP) is 3.66. The van der Waals surface area contributed by atoms with Gasteiger partial charge in [0, 0.05) is 6.54 Å². The van der Waals surface area contributed by atoms with Crippen molar-refractivity contribution in [1.29, 1.82) is 0 Å². The molecule has 0 fully saturated rings. The molecule has 0 saturated carbocycles. The van der Waals surface area contributed by atoms with Crippen molar-refractivity contribution in [2.45, 2.75) is 26.7 Å². The second-order valence-electron chi connectivity index (χ2n) is 4.59. The number of benzene rings is 1. The third-order valence-electron chi connectivity index (χ3n) is 3.04. The lowest BCUT2D eigenvalue weighted by atomic mass is 10.2. The molecule has 0 aliphatic rings. The molecule has 21 heavy (non-hydrogen) atoms. The number of rotatable bonds is 7. The number of nitrogens with one attached hydrogen (secondary N) is 1. The molecule has 0 aliphatic heterocycles. The van der Waals surface area contributed by atoms with Gasteiger partial charge >= 0.3 is 0 Å². The normalized spacial score (nSPS) is 10.2. The molecule has 1 heterocycles. The summed E-state index contributed by atoms with van der Waals surface area (Å²) in [5.74, 6) is 2.33. The Balaban J connectivity index is 2.26. The SMILES string of the molecule is CCCNc1ncnc(Oc2cccc(CC)c2)c1OC. The molecule has 0 spiro atoms. The standard InChI is InChI=1S/C16H21N3O2/c1-4-9-17-15-14(20-3)16(19-11-18-15)21-13-8-6-7-12(5-2)10-13/h6-8,10-11H,4-5,9H2,1-3H3,(H,17,18,19). The highest BCUT2D eigenvalue weighted by atomic mass is 16.5. The topological polar surface area (TPSA) is 56.3 Å². The van der Waals surface area contributed by atoms with Crippen molar-refractivity contribution >= 4 is 5.82 Å².